The van der Waals surface area contributed by atoms with E-state index < -0.39 is 6.04 Å². The molecule has 3 nitrogen and oxygen atoms in total. The zero-order valence-electron chi connectivity index (χ0n) is 9.82. The second-order valence-electron chi connectivity index (χ2n) is 4.13. The highest BCUT2D eigenvalue weighted by atomic mass is 79.9. The van der Waals surface area contributed by atoms with E-state index in [1.807, 2.05) is 13.0 Å². The van der Waals surface area contributed by atoms with Gasteiger partial charge in [0.05, 0.1) is 6.04 Å². The Morgan fingerprint density at radius 2 is 2.00 bits per heavy atom. The van der Waals surface area contributed by atoms with Crippen molar-refractivity contribution in [2.45, 2.75) is 13.0 Å². The number of hydrogen-bond donors (Lipinski definition) is 2. The van der Waals surface area contributed by atoms with Crippen LogP contribution in [0.3, 0.4) is 0 Å². The molecule has 5 heteroatoms. The fourth-order valence-electron chi connectivity index (χ4n) is 1.77. The van der Waals surface area contributed by atoms with E-state index in [2.05, 4.69) is 20.9 Å². The molecule has 0 radical (unpaired) electrons. The van der Waals surface area contributed by atoms with Crippen molar-refractivity contribution in [1.82, 2.24) is 4.98 Å². The van der Waals surface area contributed by atoms with Crippen LogP contribution in [0.1, 0.15) is 22.7 Å². The van der Waals surface area contributed by atoms with Crippen molar-refractivity contribution in [1.29, 1.82) is 0 Å². The van der Waals surface area contributed by atoms with Crippen LogP contribution in [0.25, 0.3) is 0 Å². The monoisotopic (exact) mass is 309 g/mol. The maximum atomic E-state index is 13.3. The number of rotatable bonds is 2. The third-order valence-electron chi connectivity index (χ3n) is 2.71. The number of nitrogens with two attached hydrogens (primary N) is 2. The molecule has 0 aliphatic rings. The van der Waals surface area contributed by atoms with Crippen LogP contribution in [-0.2, 0) is 0 Å². The minimum atomic E-state index is -0.512. The van der Waals surface area contributed by atoms with Gasteiger partial charge in [0.1, 0.15) is 11.6 Å². The van der Waals surface area contributed by atoms with Gasteiger partial charge in [0.25, 0.3) is 0 Å². The topological polar surface area (TPSA) is 64.9 Å². The number of nitrogens with zero attached hydrogens (tertiary/aromatic N) is 1. The molecule has 94 valence electrons. The van der Waals surface area contributed by atoms with Gasteiger partial charge in [0.2, 0.25) is 0 Å². The molecule has 18 heavy (non-hydrogen) atoms. The first-order valence-electron chi connectivity index (χ1n) is 5.41. The number of nitrogen functional groups attached to an aromatic ring is 1. The maximum absolute atomic E-state index is 13.3. The van der Waals surface area contributed by atoms with E-state index >= 15 is 0 Å². The normalized spacial score (nSPS) is 12.4. The summed E-state index contributed by atoms with van der Waals surface area (Å²) in [7, 11) is 0. The molecule has 1 aromatic heterocycles. The standard InChI is InChI=1S/C13H13BrFN3/c1-7-4-10(13(17)18-6-7)12(16)9-5-8(15)2-3-11(9)14/h2-6,12H,16H2,1H3,(H2,17,18). The molecule has 0 saturated heterocycles. The fraction of sp³-hybridized carbons (Fsp3) is 0.154. The molecule has 2 rings (SSSR count). The van der Waals surface area contributed by atoms with Gasteiger partial charge in [-0.2, -0.15) is 0 Å². The van der Waals surface area contributed by atoms with E-state index in [1.54, 1.807) is 12.3 Å². The number of benzene rings is 1. The Kier molecular flexibility index (Phi) is 3.63. The minimum absolute atomic E-state index is 0.331. The smallest absolute Gasteiger partial charge is 0.128 e. The number of hydrogen-bond acceptors (Lipinski definition) is 3. The summed E-state index contributed by atoms with van der Waals surface area (Å²) in [5.41, 5.74) is 14.3. The molecule has 1 heterocycles. The van der Waals surface area contributed by atoms with Crippen LogP contribution in [0.15, 0.2) is 34.9 Å². The van der Waals surface area contributed by atoms with Gasteiger partial charge in [0.15, 0.2) is 0 Å². The Hall–Kier alpha value is -1.46. The number of halogens is 2. The third kappa shape index (κ3) is 2.52. The highest BCUT2D eigenvalue weighted by Gasteiger charge is 2.16. The summed E-state index contributed by atoms with van der Waals surface area (Å²) in [6.07, 6.45) is 1.67. The summed E-state index contributed by atoms with van der Waals surface area (Å²) in [6.45, 7) is 1.91. The molecule has 0 spiro atoms. The maximum Gasteiger partial charge on any atom is 0.128 e. The van der Waals surface area contributed by atoms with Gasteiger partial charge in [-0.1, -0.05) is 15.9 Å². The minimum Gasteiger partial charge on any atom is -0.383 e. The zero-order chi connectivity index (χ0) is 13.3. The molecule has 0 saturated carbocycles. The second kappa shape index (κ2) is 5.04. The van der Waals surface area contributed by atoms with Gasteiger partial charge in [0, 0.05) is 16.2 Å². The number of anilines is 1. The first-order valence-corrected chi connectivity index (χ1v) is 6.21. The summed E-state index contributed by atoms with van der Waals surface area (Å²) < 4.78 is 14.0. The van der Waals surface area contributed by atoms with Crippen molar-refractivity contribution in [3.63, 3.8) is 0 Å². The zero-order valence-corrected chi connectivity index (χ0v) is 11.4. The molecule has 1 unspecified atom stereocenters. The van der Waals surface area contributed by atoms with E-state index in [0.717, 1.165) is 10.0 Å². The Morgan fingerprint density at radius 3 is 2.72 bits per heavy atom. The van der Waals surface area contributed by atoms with Gasteiger partial charge >= 0.3 is 0 Å². The van der Waals surface area contributed by atoms with Gasteiger partial charge in [-0.15, -0.1) is 0 Å². The van der Waals surface area contributed by atoms with Crippen LogP contribution < -0.4 is 11.5 Å². The highest BCUT2D eigenvalue weighted by molar-refractivity contribution is 9.10. The van der Waals surface area contributed by atoms with Crippen LogP contribution in [-0.4, -0.2) is 4.98 Å². The van der Waals surface area contributed by atoms with Crippen LogP contribution in [0.4, 0.5) is 10.2 Å². The largest absolute Gasteiger partial charge is 0.383 e. The van der Waals surface area contributed by atoms with Crippen molar-refractivity contribution >= 4 is 21.7 Å². The second-order valence-corrected chi connectivity index (χ2v) is 4.98. The lowest BCUT2D eigenvalue weighted by atomic mass is 9.99. The number of aromatic nitrogens is 1. The van der Waals surface area contributed by atoms with Crippen LogP contribution in [0.5, 0.6) is 0 Å². The predicted octanol–water partition coefficient (Wildman–Crippen LogP) is 2.92. The molecule has 0 aliphatic carbocycles. The van der Waals surface area contributed by atoms with Crippen molar-refractivity contribution < 1.29 is 4.39 Å². The molecule has 0 amide bonds. The van der Waals surface area contributed by atoms with E-state index in [4.69, 9.17) is 11.5 Å². The fourth-order valence-corrected chi connectivity index (χ4v) is 2.27. The summed E-state index contributed by atoms with van der Waals surface area (Å²) in [5, 5.41) is 0. The lowest BCUT2D eigenvalue weighted by Gasteiger charge is -2.16. The molecule has 0 bridgehead atoms. The van der Waals surface area contributed by atoms with Crippen LogP contribution in [0.2, 0.25) is 0 Å². The van der Waals surface area contributed by atoms with Crippen molar-refractivity contribution in [2.24, 2.45) is 5.73 Å². The molecule has 1 atom stereocenters. The third-order valence-corrected chi connectivity index (χ3v) is 3.44. The van der Waals surface area contributed by atoms with E-state index in [0.29, 0.717) is 16.9 Å². The Balaban J connectivity index is 2.50. The van der Waals surface area contributed by atoms with Crippen molar-refractivity contribution in [2.75, 3.05) is 5.73 Å². The quantitative estimate of drug-likeness (QED) is 0.896. The van der Waals surface area contributed by atoms with E-state index in [-0.39, 0.29) is 5.82 Å². The van der Waals surface area contributed by atoms with Gasteiger partial charge < -0.3 is 11.5 Å². The number of pyridine rings is 1. The molecule has 0 aliphatic heterocycles. The molecule has 2 aromatic rings. The predicted molar refractivity (Wildman–Crippen MR) is 73.5 cm³/mol. The van der Waals surface area contributed by atoms with Crippen molar-refractivity contribution in [3.05, 3.63) is 57.4 Å². The van der Waals surface area contributed by atoms with Crippen molar-refractivity contribution in [3.8, 4) is 0 Å². The first-order chi connectivity index (χ1) is 8.49. The van der Waals surface area contributed by atoms with Crippen LogP contribution in [0, 0.1) is 12.7 Å². The molecular formula is C13H13BrFN3. The summed E-state index contributed by atoms with van der Waals surface area (Å²) in [5.74, 6) is 0.0343. The summed E-state index contributed by atoms with van der Waals surface area (Å²) >= 11 is 3.36. The Morgan fingerprint density at radius 1 is 1.28 bits per heavy atom. The Bertz CT molecular complexity index is 535. The average Bonchev–Trinajstić information content (AvgIpc) is 2.34. The SMILES string of the molecule is Cc1cnc(N)c(C(N)c2cc(F)ccc2Br)c1. The highest BCUT2D eigenvalue weighted by Crippen LogP contribution is 2.30. The molecular weight excluding hydrogens is 297 g/mol. The molecule has 4 N–H and O–H groups in total. The van der Waals surface area contributed by atoms with Gasteiger partial charge in [-0.3, -0.25) is 0 Å². The lowest BCUT2D eigenvalue weighted by Crippen LogP contribution is -2.15. The van der Waals surface area contributed by atoms with Crippen LogP contribution >= 0.6 is 15.9 Å². The molecule has 1 aromatic carbocycles. The average molecular weight is 310 g/mol. The Labute approximate surface area is 113 Å². The van der Waals surface area contributed by atoms with Gasteiger partial charge in [-0.05, 0) is 42.3 Å². The summed E-state index contributed by atoms with van der Waals surface area (Å²) in [4.78, 5) is 4.07. The van der Waals surface area contributed by atoms with E-state index in [9.17, 15) is 4.39 Å². The first kappa shape index (κ1) is 13.0. The molecule has 0 fully saturated rings. The lowest BCUT2D eigenvalue weighted by molar-refractivity contribution is 0.623. The number of aryl methyl sites for hydroxylation is 1. The summed E-state index contributed by atoms with van der Waals surface area (Å²) in [6, 6.07) is 5.76. The van der Waals surface area contributed by atoms with E-state index in [1.165, 1.54) is 12.1 Å². The van der Waals surface area contributed by atoms with Gasteiger partial charge in [-0.25, -0.2) is 9.37 Å².